The Labute approximate surface area is 230 Å². The lowest BCUT2D eigenvalue weighted by Crippen LogP contribution is -2.33. The Bertz CT molecular complexity index is 1500. The highest BCUT2D eigenvalue weighted by atomic mass is 35.5. The number of ether oxygens (including phenoxy) is 1. The molecule has 2 aromatic heterocycles. The molecule has 0 amide bonds. The summed E-state index contributed by atoms with van der Waals surface area (Å²) in [6, 6.07) is 10.2. The van der Waals surface area contributed by atoms with E-state index in [1.165, 1.54) is 18.2 Å². The van der Waals surface area contributed by atoms with Crippen LogP contribution in [0.5, 0.6) is 5.75 Å². The number of aliphatic imine (C=N–C) groups is 1. The van der Waals surface area contributed by atoms with Gasteiger partial charge in [-0.3, -0.25) is 0 Å². The zero-order valence-corrected chi connectivity index (χ0v) is 22.7. The van der Waals surface area contributed by atoms with Crippen molar-refractivity contribution >= 4 is 45.9 Å². The Kier molecular flexibility index (Phi) is 7.47. The smallest absolute Gasteiger partial charge is 0.135 e. The SMILES string of the molecule is COc1cc(C)c(-c2cc3c(N[C@H]4CC[C@H](N)CC4)c(C(N)=Nc4cc(F)ccc4Cl)cnn3c2)c(Cl)c1. The second-order valence-corrected chi connectivity index (χ2v) is 10.5. The van der Waals surface area contributed by atoms with Crippen LogP contribution in [0.4, 0.5) is 15.8 Å². The van der Waals surface area contributed by atoms with Crippen LogP contribution in [0.1, 0.15) is 36.8 Å². The summed E-state index contributed by atoms with van der Waals surface area (Å²) in [6.07, 6.45) is 7.31. The number of anilines is 1. The third-order valence-corrected chi connectivity index (χ3v) is 7.59. The molecule has 5 rings (SSSR count). The lowest BCUT2D eigenvalue weighted by Gasteiger charge is -2.28. The third-order valence-electron chi connectivity index (χ3n) is 6.97. The quantitative estimate of drug-likeness (QED) is 0.187. The minimum absolute atomic E-state index is 0.170. The summed E-state index contributed by atoms with van der Waals surface area (Å²) in [4.78, 5) is 4.45. The van der Waals surface area contributed by atoms with E-state index in [0.29, 0.717) is 21.4 Å². The Morgan fingerprint density at radius 2 is 1.89 bits per heavy atom. The topological polar surface area (TPSA) is 103 Å². The van der Waals surface area contributed by atoms with Gasteiger partial charge in [-0.25, -0.2) is 13.9 Å². The average Bonchev–Trinajstić information content (AvgIpc) is 3.31. The summed E-state index contributed by atoms with van der Waals surface area (Å²) in [5.41, 5.74) is 17.8. The first-order chi connectivity index (χ1) is 18.2. The summed E-state index contributed by atoms with van der Waals surface area (Å²) in [6.45, 7) is 1.99. The molecular weight excluding hydrogens is 526 g/mol. The first kappa shape index (κ1) is 26.3. The molecule has 2 heterocycles. The molecule has 0 atom stereocenters. The van der Waals surface area contributed by atoms with Crippen molar-refractivity contribution < 1.29 is 9.13 Å². The molecule has 38 heavy (non-hydrogen) atoms. The molecule has 0 unspecified atom stereocenters. The fraction of sp³-hybridized carbons (Fsp3) is 0.286. The van der Waals surface area contributed by atoms with Gasteiger partial charge in [0.25, 0.3) is 0 Å². The van der Waals surface area contributed by atoms with E-state index in [2.05, 4.69) is 15.4 Å². The normalized spacial score (nSPS) is 18.1. The van der Waals surface area contributed by atoms with Gasteiger partial charge in [0.2, 0.25) is 0 Å². The van der Waals surface area contributed by atoms with E-state index >= 15 is 0 Å². The molecule has 0 saturated heterocycles. The Balaban J connectivity index is 1.64. The lowest BCUT2D eigenvalue weighted by atomic mass is 9.91. The highest BCUT2D eigenvalue weighted by molar-refractivity contribution is 6.34. The number of nitrogens with one attached hydrogen (secondary N) is 1. The number of halogens is 3. The molecular formula is C28H29Cl2FN6O. The Morgan fingerprint density at radius 3 is 2.61 bits per heavy atom. The number of fused-ring (bicyclic) bond motifs is 1. The van der Waals surface area contributed by atoms with Crippen LogP contribution < -0.4 is 21.5 Å². The standard InChI is InChI=1S/C28H29Cl2FN6O/c1-15-9-20(38-2)12-23(30)26(15)16-10-25-27(35-19-6-4-18(32)5-7-19)21(13-34-37(25)14-16)28(33)36-24-11-17(31)3-8-22(24)29/h3,8-14,18-19,35H,4-7,32H2,1-2H3,(H2,33,36)/t18-,19-. The van der Waals surface area contributed by atoms with Crippen molar-refractivity contribution in [3.05, 3.63) is 75.8 Å². The van der Waals surface area contributed by atoms with Crippen LogP contribution in [-0.2, 0) is 0 Å². The van der Waals surface area contributed by atoms with Gasteiger partial charge in [0, 0.05) is 35.5 Å². The summed E-state index contributed by atoms with van der Waals surface area (Å²) in [5, 5.41) is 9.17. The Hall–Kier alpha value is -3.33. The number of hydrogen-bond donors (Lipinski definition) is 3. The van der Waals surface area contributed by atoms with E-state index in [1.807, 2.05) is 25.3 Å². The van der Waals surface area contributed by atoms with Gasteiger partial charge in [0.1, 0.15) is 17.4 Å². The molecule has 2 aromatic carbocycles. The molecule has 1 aliphatic rings. The van der Waals surface area contributed by atoms with E-state index < -0.39 is 5.82 Å². The van der Waals surface area contributed by atoms with Crippen molar-refractivity contribution in [3.8, 4) is 16.9 Å². The van der Waals surface area contributed by atoms with Gasteiger partial charge in [-0.1, -0.05) is 23.2 Å². The van der Waals surface area contributed by atoms with Crippen LogP contribution in [0.2, 0.25) is 10.0 Å². The minimum Gasteiger partial charge on any atom is -0.497 e. The maximum atomic E-state index is 13.9. The molecule has 0 spiro atoms. The number of nitrogens with two attached hydrogens (primary N) is 2. The van der Waals surface area contributed by atoms with E-state index in [-0.39, 0.29) is 23.6 Å². The van der Waals surface area contributed by atoms with Gasteiger partial charge in [-0.05, 0) is 68.5 Å². The molecule has 1 fully saturated rings. The zero-order valence-electron chi connectivity index (χ0n) is 21.1. The van der Waals surface area contributed by atoms with Gasteiger partial charge in [0.15, 0.2) is 0 Å². The number of methoxy groups -OCH3 is 1. The zero-order chi connectivity index (χ0) is 27.0. The van der Waals surface area contributed by atoms with Gasteiger partial charge in [-0.2, -0.15) is 5.10 Å². The van der Waals surface area contributed by atoms with Gasteiger partial charge in [0.05, 0.1) is 45.8 Å². The predicted molar refractivity (Wildman–Crippen MR) is 153 cm³/mol. The number of benzene rings is 2. The lowest BCUT2D eigenvalue weighted by molar-refractivity contribution is 0.411. The summed E-state index contributed by atoms with van der Waals surface area (Å²) < 4.78 is 21.0. The van der Waals surface area contributed by atoms with Crippen LogP contribution >= 0.6 is 23.2 Å². The largest absolute Gasteiger partial charge is 0.497 e. The monoisotopic (exact) mass is 554 g/mol. The molecule has 10 heteroatoms. The number of hydrogen-bond acceptors (Lipinski definition) is 5. The number of aryl methyl sites for hydroxylation is 1. The van der Waals surface area contributed by atoms with Crippen molar-refractivity contribution in [2.75, 3.05) is 12.4 Å². The third kappa shape index (κ3) is 5.29. The van der Waals surface area contributed by atoms with Crippen LogP contribution in [-0.4, -0.2) is 34.6 Å². The van der Waals surface area contributed by atoms with Crippen LogP contribution in [0.3, 0.4) is 0 Å². The van der Waals surface area contributed by atoms with Crippen molar-refractivity contribution in [1.29, 1.82) is 0 Å². The van der Waals surface area contributed by atoms with Crippen molar-refractivity contribution in [2.24, 2.45) is 16.5 Å². The fourth-order valence-corrected chi connectivity index (χ4v) is 5.49. The number of rotatable bonds is 6. The van der Waals surface area contributed by atoms with E-state index in [1.54, 1.807) is 23.9 Å². The first-order valence-electron chi connectivity index (χ1n) is 12.4. The van der Waals surface area contributed by atoms with Gasteiger partial charge in [-0.15, -0.1) is 0 Å². The highest BCUT2D eigenvalue weighted by Crippen LogP contribution is 2.38. The van der Waals surface area contributed by atoms with Crippen molar-refractivity contribution in [3.63, 3.8) is 0 Å². The molecule has 4 aromatic rings. The van der Waals surface area contributed by atoms with Gasteiger partial charge >= 0.3 is 0 Å². The number of nitrogens with zero attached hydrogens (tertiary/aromatic N) is 3. The highest BCUT2D eigenvalue weighted by Gasteiger charge is 2.23. The second kappa shape index (κ2) is 10.8. The fourth-order valence-electron chi connectivity index (χ4n) is 4.96. The molecule has 5 N–H and O–H groups in total. The van der Waals surface area contributed by atoms with Crippen LogP contribution in [0, 0.1) is 12.7 Å². The summed E-state index contributed by atoms with van der Waals surface area (Å²) in [5.74, 6) is 0.414. The maximum Gasteiger partial charge on any atom is 0.135 e. The molecule has 1 saturated carbocycles. The Morgan fingerprint density at radius 1 is 1.13 bits per heavy atom. The van der Waals surface area contributed by atoms with E-state index in [4.69, 9.17) is 39.4 Å². The van der Waals surface area contributed by atoms with E-state index in [9.17, 15) is 4.39 Å². The second-order valence-electron chi connectivity index (χ2n) is 9.64. The van der Waals surface area contributed by atoms with Crippen LogP contribution in [0.15, 0.2) is 53.8 Å². The molecule has 0 bridgehead atoms. The molecule has 198 valence electrons. The maximum absolute atomic E-state index is 13.9. The summed E-state index contributed by atoms with van der Waals surface area (Å²) >= 11 is 12.9. The average molecular weight is 555 g/mol. The molecule has 0 aliphatic heterocycles. The number of amidine groups is 1. The molecule has 0 radical (unpaired) electrons. The van der Waals surface area contributed by atoms with E-state index in [0.717, 1.165) is 53.6 Å². The van der Waals surface area contributed by atoms with Crippen molar-refractivity contribution in [1.82, 2.24) is 9.61 Å². The van der Waals surface area contributed by atoms with Crippen LogP contribution in [0.25, 0.3) is 16.6 Å². The molecule has 7 nitrogen and oxygen atoms in total. The number of aromatic nitrogens is 2. The predicted octanol–water partition coefficient (Wildman–Crippen LogP) is 6.48. The minimum atomic E-state index is -0.450. The molecule has 1 aliphatic carbocycles. The van der Waals surface area contributed by atoms with Gasteiger partial charge < -0.3 is 21.5 Å². The summed E-state index contributed by atoms with van der Waals surface area (Å²) in [7, 11) is 1.61. The first-order valence-corrected chi connectivity index (χ1v) is 13.2. The van der Waals surface area contributed by atoms with Crippen molar-refractivity contribution in [2.45, 2.75) is 44.7 Å².